The Morgan fingerprint density at radius 3 is 2.91 bits per heavy atom. The van der Waals surface area contributed by atoms with Crippen LogP contribution < -0.4 is 0 Å². The van der Waals surface area contributed by atoms with Crippen LogP contribution in [-0.2, 0) is 5.11 Å². The Morgan fingerprint density at radius 1 is 1.45 bits per heavy atom. The summed E-state index contributed by atoms with van der Waals surface area (Å²) in [5.74, 6) is 0. The zero-order chi connectivity index (χ0) is 8.10. The molecule has 0 fully saturated rings. The molecule has 57 valence electrons. The average Bonchev–Trinajstić information content (AvgIpc) is 2.01. The molecule has 11 heavy (non-hydrogen) atoms. The van der Waals surface area contributed by atoms with E-state index in [9.17, 15) is 5.11 Å². The Kier molecular flexibility index (Phi) is 3.33. The first-order chi connectivity index (χ1) is 5.33. The van der Waals surface area contributed by atoms with E-state index in [1.54, 1.807) is 6.08 Å². The Labute approximate surface area is 74.5 Å². The van der Waals surface area contributed by atoms with Gasteiger partial charge in [-0.3, -0.25) is 0 Å². The molecule has 0 unspecified atom stereocenters. The van der Waals surface area contributed by atoms with E-state index in [0.717, 1.165) is 10.0 Å². The van der Waals surface area contributed by atoms with E-state index in [-0.39, 0.29) is 6.61 Å². The molecule has 0 saturated heterocycles. The predicted octanol–water partition coefficient (Wildman–Crippen LogP) is 2.89. The maximum atomic E-state index is 10.1. The van der Waals surface area contributed by atoms with Crippen molar-refractivity contribution in [2.45, 2.75) is 0 Å². The molecule has 0 heterocycles. The summed E-state index contributed by atoms with van der Waals surface area (Å²) in [7, 11) is 0. The minimum absolute atomic E-state index is 0.160. The molecule has 1 radical (unpaired) electrons. The summed E-state index contributed by atoms with van der Waals surface area (Å²) in [4.78, 5) is 0. The molecule has 2 heteroatoms. The van der Waals surface area contributed by atoms with Crippen LogP contribution in [0.1, 0.15) is 5.56 Å². The maximum absolute atomic E-state index is 10.1. The van der Waals surface area contributed by atoms with Gasteiger partial charge in [0.1, 0.15) is 6.61 Å². The van der Waals surface area contributed by atoms with Crippen LogP contribution in [0, 0.1) is 0 Å². The highest BCUT2D eigenvalue weighted by Crippen LogP contribution is 2.12. The number of benzene rings is 1. The summed E-state index contributed by atoms with van der Waals surface area (Å²) in [6.07, 6.45) is 3.42. The molecule has 0 atom stereocenters. The van der Waals surface area contributed by atoms with Gasteiger partial charge in [0.25, 0.3) is 0 Å². The molecule has 0 aliphatic heterocycles. The lowest BCUT2D eigenvalue weighted by Crippen LogP contribution is -1.72. The van der Waals surface area contributed by atoms with Crippen LogP contribution in [0.4, 0.5) is 0 Å². The second-order valence-corrected chi connectivity index (χ2v) is 3.04. The minimum Gasteiger partial charge on any atom is -0.232 e. The van der Waals surface area contributed by atoms with Gasteiger partial charge >= 0.3 is 0 Å². The summed E-state index contributed by atoms with van der Waals surface area (Å²) < 4.78 is 1.03. The first-order valence-electron chi connectivity index (χ1n) is 3.33. The molecule has 0 saturated carbocycles. The lowest BCUT2D eigenvalue weighted by molar-refractivity contribution is 0.233. The van der Waals surface area contributed by atoms with E-state index in [2.05, 4.69) is 15.9 Å². The van der Waals surface area contributed by atoms with Crippen LogP contribution in [-0.4, -0.2) is 6.61 Å². The summed E-state index contributed by atoms with van der Waals surface area (Å²) in [5.41, 5.74) is 1.05. The van der Waals surface area contributed by atoms with E-state index >= 15 is 0 Å². The molecule has 0 bridgehead atoms. The van der Waals surface area contributed by atoms with Gasteiger partial charge in [0.15, 0.2) is 0 Å². The Morgan fingerprint density at radius 2 is 2.27 bits per heavy atom. The topological polar surface area (TPSA) is 19.9 Å². The Bertz CT molecular complexity index is 255. The molecular formula is C9H8BrO. The van der Waals surface area contributed by atoms with Gasteiger partial charge in [-0.25, -0.2) is 5.11 Å². The van der Waals surface area contributed by atoms with E-state index in [4.69, 9.17) is 0 Å². The van der Waals surface area contributed by atoms with Crippen molar-refractivity contribution in [1.82, 2.24) is 0 Å². The van der Waals surface area contributed by atoms with Crippen LogP contribution in [0.5, 0.6) is 0 Å². The van der Waals surface area contributed by atoms with E-state index < -0.39 is 0 Å². The summed E-state index contributed by atoms with van der Waals surface area (Å²) in [6, 6.07) is 7.81. The van der Waals surface area contributed by atoms with Crippen molar-refractivity contribution in [3.8, 4) is 0 Å². The molecule has 0 aliphatic rings. The Hall–Kier alpha value is -0.600. The second-order valence-electron chi connectivity index (χ2n) is 2.12. The molecule has 0 N–H and O–H groups in total. The number of hydrogen-bond acceptors (Lipinski definition) is 0. The monoisotopic (exact) mass is 211 g/mol. The molecule has 1 aromatic carbocycles. The van der Waals surface area contributed by atoms with E-state index in [1.165, 1.54) is 0 Å². The van der Waals surface area contributed by atoms with Gasteiger partial charge in [-0.2, -0.15) is 0 Å². The zero-order valence-corrected chi connectivity index (χ0v) is 7.54. The van der Waals surface area contributed by atoms with Crippen molar-refractivity contribution in [2.24, 2.45) is 0 Å². The van der Waals surface area contributed by atoms with Gasteiger partial charge in [-0.15, -0.1) is 0 Å². The van der Waals surface area contributed by atoms with Gasteiger partial charge < -0.3 is 0 Å². The van der Waals surface area contributed by atoms with Crippen molar-refractivity contribution in [3.05, 3.63) is 40.4 Å². The van der Waals surface area contributed by atoms with Crippen LogP contribution in [0.2, 0.25) is 0 Å². The van der Waals surface area contributed by atoms with Crippen molar-refractivity contribution in [3.63, 3.8) is 0 Å². The molecule has 0 aromatic heterocycles. The molecule has 0 aliphatic carbocycles. The third kappa shape index (κ3) is 2.87. The van der Waals surface area contributed by atoms with Crippen molar-refractivity contribution in [2.75, 3.05) is 6.61 Å². The van der Waals surface area contributed by atoms with Crippen molar-refractivity contribution in [1.29, 1.82) is 0 Å². The maximum Gasteiger partial charge on any atom is 0.101 e. The van der Waals surface area contributed by atoms with Gasteiger partial charge in [0.2, 0.25) is 0 Å². The largest absolute Gasteiger partial charge is 0.232 e. The number of hydrogen-bond donors (Lipinski definition) is 0. The van der Waals surface area contributed by atoms with Crippen molar-refractivity contribution >= 4 is 22.0 Å². The fourth-order valence-electron chi connectivity index (χ4n) is 0.794. The van der Waals surface area contributed by atoms with Gasteiger partial charge in [0.05, 0.1) is 0 Å². The number of rotatable bonds is 2. The van der Waals surface area contributed by atoms with E-state index in [0.29, 0.717) is 0 Å². The third-order valence-corrected chi connectivity index (χ3v) is 1.75. The predicted molar refractivity (Wildman–Crippen MR) is 48.7 cm³/mol. The van der Waals surface area contributed by atoms with E-state index in [1.807, 2.05) is 30.3 Å². The highest BCUT2D eigenvalue weighted by Gasteiger charge is 1.86. The molecule has 1 nitrogen and oxygen atoms in total. The second kappa shape index (κ2) is 4.31. The SMILES string of the molecule is [O]CC=Cc1cccc(Br)c1. The highest BCUT2D eigenvalue weighted by atomic mass is 79.9. The smallest absolute Gasteiger partial charge is 0.101 e. The van der Waals surface area contributed by atoms with Gasteiger partial charge in [-0.05, 0) is 17.7 Å². The Balaban J connectivity index is 2.79. The first kappa shape index (κ1) is 8.50. The third-order valence-electron chi connectivity index (χ3n) is 1.26. The summed E-state index contributed by atoms with van der Waals surface area (Å²) in [6.45, 7) is -0.160. The standard InChI is InChI=1S/C9H8BrO/c10-9-5-1-3-8(7-9)4-2-6-11/h1-5,7H,6H2. The quantitative estimate of drug-likeness (QED) is 0.718. The number of halogens is 1. The van der Waals surface area contributed by atoms with Crippen LogP contribution in [0.25, 0.3) is 6.08 Å². The first-order valence-corrected chi connectivity index (χ1v) is 4.12. The molecular weight excluding hydrogens is 204 g/mol. The fourth-order valence-corrected chi connectivity index (χ4v) is 1.21. The normalized spacial score (nSPS) is 10.7. The zero-order valence-electron chi connectivity index (χ0n) is 5.96. The van der Waals surface area contributed by atoms with Crippen molar-refractivity contribution < 1.29 is 5.11 Å². The lowest BCUT2D eigenvalue weighted by atomic mass is 10.2. The minimum atomic E-state index is -0.160. The summed E-state index contributed by atoms with van der Waals surface area (Å²) in [5, 5.41) is 10.1. The fraction of sp³-hybridized carbons (Fsp3) is 0.111. The molecule has 1 rings (SSSR count). The summed E-state index contributed by atoms with van der Waals surface area (Å²) >= 11 is 3.34. The molecule has 0 spiro atoms. The highest BCUT2D eigenvalue weighted by molar-refractivity contribution is 9.10. The average molecular weight is 212 g/mol. The molecule has 1 aromatic rings. The van der Waals surface area contributed by atoms with Gasteiger partial charge in [-0.1, -0.05) is 40.2 Å². The van der Waals surface area contributed by atoms with Crippen LogP contribution in [0.3, 0.4) is 0 Å². The molecule has 0 amide bonds. The lowest BCUT2D eigenvalue weighted by Gasteiger charge is -1.92. The van der Waals surface area contributed by atoms with Gasteiger partial charge in [0, 0.05) is 4.47 Å². The van der Waals surface area contributed by atoms with Crippen LogP contribution in [0.15, 0.2) is 34.8 Å². The van der Waals surface area contributed by atoms with Crippen LogP contribution >= 0.6 is 15.9 Å².